The summed E-state index contributed by atoms with van der Waals surface area (Å²) in [6.07, 6.45) is -10.1. The quantitative estimate of drug-likeness (QED) is 0.178. The summed E-state index contributed by atoms with van der Waals surface area (Å²) in [5.41, 5.74) is -6.99. The van der Waals surface area contributed by atoms with Crippen molar-refractivity contribution in [2.75, 3.05) is 6.61 Å². The van der Waals surface area contributed by atoms with Crippen molar-refractivity contribution in [3.8, 4) is 0 Å². The van der Waals surface area contributed by atoms with Gasteiger partial charge in [-0.3, -0.25) is 9.59 Å². The van der Waals surface area contributed by atoms with Crippen LogP contribution in [-0.4, -0.2) is 104 Å². The Kier molecular flexibility index (Phi) is 9.31. The predicted molar refractivity (Wildman–Crippen MR) is 179 cm³/mol. The number of benzene rings is 2. The highest BCUT2D eigenvalue weighted by Gasteiger charge is 2.76. The third-order valence-electron chi connectivity index (χ3n) is 12.0. The van der Waals surface area contributed by atoms with Gasteiger partial charge in [0.1, 0.15) is 29.5 Å². The van der Waals surface area contributed by atoms with Crippen LogP contribution in [0.4, 0.5) is 0 Å². The highest BCUT2D eigenvalue weighted by Crippen LogP contribution is 2.63. The average Bonchev–Trinajstić information content (AvgIpc) is 3.09. The first-order valence-electron chi connectivity index (χ1n) is 17.0. The van der Waals surface area contributed by atoms with Gasteiger partial charge in [-0.15, -0.1) is 0 Å². The Morgan fingerprint density at radius 2 is 1.57 bits per heavy atom. The second kappa shape index (κ2) is 12.9. The van der Waals surface area contributed by atoms with Crippen molar-refractivity contribution in [1.29, 1.82) is 0 Å². The lowest BCUT2D eigenvalue weighted by Gasteiger charge is -2.66. The van der Waals surface area contributed by atoms with E-state index in [2.05, 4.69) is 5.32 Å². The lowest BCUT2D eigenvalue weighted by atomic mass is 9.44. The van der Waals surface area contributed by atoms with E-state index in [0.29, 0.717) is 5.56 Å². The normalized spacial score (nSPS) is 36.5. The number of fused-ring (bicyclic) bond motifs is 5. The van der Waals surface area contributed by atoms with E-state index in [0.717, 1.165) is 0 Å². The fourth-order valence-corrected chi connectivity index (χ4v) is 8.95. The SMILES string of the molecule is CC(=O)NC(c1ccccc1)C(O)C(=O)OC1CC2(O)C(OC(=O)c3ccccc3)C3C4(O)COC4CC(O)[C@@]3(C)C(=O)C(O)C(=C1C)C2(C)C. The van der Waals surface area contributed by atoms with Gasteiger partial charge in [0.15, 0.2) is 11.9 Å². The van der Waals surface area contributed by atoms with E-state index < -0.39 is 101 Å². The first kappa shape index (κ1) is 36.8. The smallest absolute Gasteiger partial charge is 0.338 e. The van der Waals surface area contributed by atoms with E-state index in [1.54, 1.807) is 62.4 Å². The van der Waals surface area contributed by atoms with Crippen molar-refractivity contribution in [2.24, 2.45) is 16.7 Å². The predicted octanol–water partition coefficient (Wildman–Crippen LogP) is 1.30. The van der Waals surface area contributed by atoms with Crippen molar-refractivity contribution in [3.05, 3.63) is 82.9 Å². The Morgan fingerprint density at radius 1 is 0.961 bits per heavy atom. The summed E-state index contributed by atoms with van der Waals surface area (Å²) in [6.45, 7) is 6.94. The zero-order chi connectivity index (χ0) is 37.3. The molecule has 1 amide bonds. The molecule has 13 heteroatoms. The monoisotopic (exact) mass is 707 g/mol. The molecule has 2 bridgehead atoms. The van der Waals surface area contributed by atoms with Crippen molar-refractivity contribution in [3.63, 3.8) is 0 Å². The van der Waals surface area contributed by atoms with Gasteiger partial charge in [0.05, 0.1) is 35.8 Å². The number of aliphatic hydroxyl groups excluding tert-OH is 3. The summed E-state index contributed by atoms with van der Waals surface area (Å²) >= 11 is 0. The fraction of sp³-hybridized carbons (Fsp3) is 0.526. The van der Waals surface area contributed by atoms with Gasteiger partial charge in [-0.1, -0.05) is 62.4 Å². The summed E-state index contributed by atoms with van der Waals surface area (Å²) in [5.74, 6) is -4.98. The number of carbonyl (C=O) groups excluding carboxylic acids is 4. The standard InChI is InChI=1S/C38H45NO12/c1-19-23(50-34(46)29(43)27(39-20(2)40)21-12-8-6-9-13-21)17-38(48)32(51-33(45)22-14-10-7-11-15-22)30-36(5,24(41)16-25-37(30,47)18-49-25)31(44)28(42)26(19)35(38,3)4/h6-15,23-25,27-30,32,41-43,47-48H,16-18H2,1-5H3,(H,39,40)/t23?,24?,25?,27?,28?,29?,30?,32?,36-,37?,38?/m1/s1. The van der Waals surface area contributed by atoms with Crippen LogP contribution in [0.15, 0.2) is 71.8 Å². The minimum atomic E-state index is -2.28. The van der Waals surface area contributed by atoms with Crippen LogP contribution in [0.5, 0.6) is 0 Å². The molecule has 4 aliphatic rings. The summed E-state index contributed by atoms with van der Waals surface area (Å²) < 4.78 is 17.7. The Labute approximate surface area is 295 Å². The molecule has 2 saturated carbocycles. The number of ketones is 1. The van der Waals surface area contributed by atoms with Crippen LogP contribution in [0.25, 0.3) is 0 Å². The number of aliphatic hydroxyl groups is 5. The van der Waals surface area contributed by atoms with Crippen LogP contribution in [0.1, 0.15) is 69.4 Å². The van der Waals surface area contributed by atoms with Crippen LogP contribution >= 0.6 is 0 Å². The van der Waals surface area contributed by atoms with Gasteiger partial charge in [0, 0.05) is 31.1 Å². The van der Waals surface area contributed by atoms with Crippen molar-refractivity contribution in [1.82, 2.24) is 5.32 Å². The summed E-state index contributed by atoms with van der Waals surface area (Å²) in [4.78, 5) is 54.3. The summed E-state index contributed by atoms with van der Waals surface area (Å²) in [7, 11) is 0. The van der Waals surface area contributed by atoms with Crippen LogP contribution in [0.3, 0.4) is 0 Å². The number of amides is 1. The molecule has 6 rings (SSSR count). The van der Waals surface area contributed by atoms with Gasteiger partial charge in [-0.2, -0.15) is 0 Å². The molecule has 10 unspecified atom stereocenters. The Balaban J connectivity index is 1.48. The molecule has 13 nitrogen and oxygen atoms in total. The molecule has 0 spiro atoms. The lowest BCUT2D eigenvalue weighted by Crippen LogP contribution is -2.81. The number of ether oxygens (including phenoxy) is 3. The maximum absolute atomic E-state index is 14.6. The van der Waals surface area contributed by atoms with Gasteiger partial charge in [0.2, 0.25) is 5.91 Å². The second-order valence-corrected chi connectivity index (χ2v) is 15.1. The molecule has 11 atom stereocenters. The first-order valence-corrected chi connectivity index (χ1v) is 17.0. The van der Waals surface area contributed by atoms with Crippen LogP contribution in [0, 0.1) is 16.7 Å². The van der Waals surface area contributed by atoms with E-state index in [4.69, 9.17) is 14.2 Å². The maximum atomic E-state index is 14.6. The molecular weight excluding hydrogens is 662 g/mol. The van der Waals surface area contributed by atoms with E-state index in [1.165, 1.54) is 32.9 Å². The number of hydrogen-bond acceptors (Lipinski definition) is 12. The van der Waals surface area contributed by atoms with Gasteiger partial charge in [-0.05, 0) is 42.7 Å². The number of Topliss-reactive ketones (excluding diaryl/α,β-unsaturated/α-hetero) is 1. The van der Waals surface area contributed by atoms with Gasteiger partial charge < -0.3 is 45.1 Å². The first-order chi connectivity index (χ1) is 23.9. The Morgan fingerprint density at radius 3 is 2.14 bits per heavy atom. The molecule has 1 heterocycles. The molecule has 2 aromatic carbocycles. The average molecular weight is 708 g/mol. The molecule has 0 aromatic heterocycles. The largest absolute Gasteiger partial charge is 0.456 e. The molecule has 1 saturated heterocycles. The van der Waals surface area contributed by atoms with Crippen molar-refractivity contribution in [2.45, 2.75) is 101 Å². The molecule has 0 radical (unpaired) electrons. The van der Waals surface area contributed by atoms with Crippen molar-refractivity contribution < 1.29 is 58.9 Å². The molecule has 3 fully saturated rings. The van der Waals surface area contributed by atoms with Crippen LogP contribution in [0.2, 0.25) is 0 Å². The lowest BCUT2D eigenvalue weighted by molar-refractivity contribution is -0.343. The minimum Gasteiger partial charge on any atom is -0.456 e. The topological polar surface area (TPSA) is 209 Å². The number of carbonyl (C=O) groups is 4. The fourth-order valence-electron chi connectivity index (χ4n) is 8.95. The van der Waals surface area contributed by atoms with Gasteiger partial charge in [0.25, 0.3) is 0 Å². The molecule has 3 aliphatic carbocycles. The van der Waals surface area contributed by atoms with Crippen molar-refractivity contribution >= 4 is 23.6 Å². The Hall–Kier alpha value is -3.98. The van der Waals surface area contributed by atoms with E-state index in [-0.39, 0.29) is 29.7 Å². The number of hydrogen-bond donors (Lipinski definition) is 6. The third-order valence-corrected chi connectivity index (χ3v) is 12.0. The molecule has 274 valence electrons. The number of esters is 2. The highest BCUT2D eigenvalue weighted by molar-refractivity contribution is 5.94. The van der Waals surface area contributed by atoms with Gasteiger partial charge >= 0.3 is 11.9 Å². The van der Waals surface area contributed by atoms with Crippen LogP contribution < -0.4 is 5.32 Å². The molecule has 6 N–H and O–H groups in total. The maximum Gasteiger partial charge on any atom is 0.338 e. The van der Waals surface area contributed by atoms with E-state index in [1.807, 2.05) is 0 Å². The summed E-state index contributed by atoms with van der Waals surface area (Å²) in [5, 5.41) is 62.7. The zero-order valence-electron chi connectivity index (χ0n) is 29.1. The van der Waals surface area contributed by atoms with E-state index in [9.17, 15) is 44.7 Å². The molecule has 51 heavy (non-hydrogen) atoms. The molecule has 2 aromatic rings. The summed E-state index contributed by atoms with van der Waals surface area (Å²) in [6, 6.07) is 15.0. The van der Waals surface area contributed by atoms with Gasteiger partial charge in [-0.25, -0.2) is 9.59 Å². The second-order valence-electron chi connectivity index (χ2n) is 15.1. The Bertz CT molecular complexity index is 1750. The highest BCUT2D eigenvalue weighted by atomic mass is 16.6. The zero-order valence-corrected chi connectivity index (χ0v) is 29.1. The molecule has 1 aliphatic heterocycles. The third kappa shape index (κ3) is 5.62. The number of nitrogens with one attached hydrogen (secondary N) is 1. The number of rotatable bonds is 7. The minimum absolute atomic E-state index is 0.0263. The van der Waals surface area contributed by atoms with E-state index >= 15 is 0 Å². The van der Waals surface area contributed by atoms with Crippen LogP contribution in [-0.2, 0) is 28.6 Å². The molecular formula is C38H45NO12.